The second-order valence-electron chi connectivity index (χ2n) is 2.69. The van der Waals surface area contributed by atoms with Gasteiger partial charge in [-0.2, -0.15) is 0 Å². The molecule has 1 aliphatic rings. The standard InChI is InChI=1S/C8H12O4S.Na/c1-2-12-8(13(9,10)11)6-4-3-5-7-8;/h3-6H,2,7H2,1H3,(H,9,10,11);/q;+1/p-1. The summed E-state index contributed by atoms with van der Waals surface area (Å²) in [6, 6.07) is 0. The van der Waals surface area contributed by atoms with E-state index >= 15 is 0 Å². The van der Waals surface area contributed by atoms with E-state index in [1.165, 1.54) is 12.2 Å². The normalized spacial score (nSPS) is 25.9. The minimum Gasteiger partial charge on any atom is -0.745 e. The van der Waals surface area contributed by atoms with Crippen LogP contribution >= 0.6 is 0 Å². The van der Waals surface area contributed by atoms with Crippen LogP contribution in [0.4, 0.5) is 0 Å². The van der Waals surface area contributed by atoms with Gasteiger partial charge in [0.25, 0.3) is 0 Å². The van der Waals surface area contributed by atoms with E-state index in [-0.39, 0.29) is 42.6 Å². The zero-order valence-electron chi connectivity index (χ0n) is 8.26. The zero-order valence-corrected chi connectivity index (χ0v) is 11.1. The van der Waals surface area contributed by atoms with Gasteiger partial charge in [0.15, 0.2) is 4.93 Å². The second kappa shape index (κ2) is 5.44. The molecule has 0 amide bonds. The minimum atomic E-state index is -4.46. The van der Waals surface area contributed by atoms with Gasteiger partial charge >= 0.3 is 29.6 Å². The molecule has 0 radical (unpaired) electrons. The largest absolute Gasteiger partial charge is 1.00 e. The van der Waals surface area contributed by atoms with Crippen LogP contribution in [0, 0.1) is 0 Å². The van der Waals surface area contributed by atoms with Crippen molar-refractivity contribution >= 4 is 10.1 Å². The first-order valence-electron chi connectivity index (χ1n) is 3.95. The van der Waals surface area contributed by atoms with Gasteiger partial charge in [-0.05, 0) is 13.0 Å². The number of hydrogen-bond acceptors (Lipinski definition) is 4. The first-order chi connectivity index (χ1) is 6.02. The van der Waals surface area contributed by atoms with Crippen molar-refractivity contribution in [1.82, 2.24) is 0 Å². The molecule has 1 unspecified atom stereocenters. The van der Waals surface area contributed by atoms with Gasteiger partial charge in [-0.15, -0.1) is 0 Å². The number of rotatable bonds is 3. The van der Waals surface area contributed by atoms with Crippen molar-refractivity contribution in [2.45, 2.75) is 18.3 Å². The van der Waals surface area contributed by atoms with Crippen molar-refractivity contribution in [3.8, 4) is 0 Å². The molecule has 0 saturated heterocycles. The summed E-state index contributed by atoms with van der Waals surface area (Å²) in [5.41, 5.74) is 0. The number of ether oxygens (including phenoxy) is 1. The van der Waals surface area contributed by atoms with E-state index in [1.807, 2.05) is 0 Å². The summed E-state index contributed by atoms with van der Waals surface area (Å²) in [5, 5.41) is 0. The summed E-state index contributed by atoms with van der Waals surface area (Å²) in [6.45, 7) is 1.85. The maximum atomic E-state index is 10.9. The summed E-state index contributed by atoms with van der Waals surface area (Å²) in [7, 11) is -4.46. The van der Waals surface area contributed by atoms with Crippen molar-refractivity contribution in [3.63, 3.8) is 0 Å². The Kier molecular flexibility index (Phi) is 5.57. The Balaban J connectivity index is 0.00000169. The molecule has 0 spiro atoms. The third-order valence-electron chi connectivity index (χ3n) is 1.81. The Morgan fingerprint density at radius 2 is 2.14 bits per heavy atom. The molecule has 0 N–H and O–H groups in total. The molecule has 1 rings (SSSR count). The zero-order chi connectivity index (χ0) is 9.95. The van der Waals surface area contributed by atoms with Gasteiger partial charge in [-0.3, -0.25) is 0 Å². The summed E-state index contributed by atoms with van der Waals surface area (Å²) >= 11 is 0. The summed E-state index contributed by atoms with van der Waals surface area (Å²) in [4.78, 5) is -1.68. The minimum absolute atomic E-state index is 0. The fourth-order valence-electron chi connectivity index (χ4n) is 1.19. The Morgan fingerprint density at radius 1 is 1.50 bits per heavy atom. The molecule has 1 aliphatic carbocycles. The summed E-state index contributed by atoms with van der Waals surface area (Å²) in [6.07, 6.45) is 6.17. The molecule has 0 heterocycles. The van der Waals surface area contributed by atoms with E-state index in [4.69, 9.17) is 4.74 Å². The Hall–Kier alpha value is 0.350. The van der Waals surface area contributed by atoms with Crippen LogP contribution in [0.3, 0.4) is 0 Å². The van der Waals surface area contributed by atoms with Crippen molar-refractivity contribution < 1.29 is 47.3 Å². The molecular formula is C8H11NaO4S. The SMILES string of the molecule is CCOC1(S(=O)(=O)[O-])C=CC=CC1.[Na+]. The molecule has 1 atom stereocenters. The molecule has 0 aromatic heterocycles. The Morgan fingerprint density at radius 3 is 2.50 bits per heavy atom. The van der Waals surface area contributed by atoms with Crippen LogP contribution in [0.15, 0.2) is 24.3 Å². The smallest absolute Gasteiger partial charge is 0.745 e. The van der Waals surface area contributed by atoms with Crippen LogP contribution in [0.25, 0.3) is 0 Å². The Labute approximate surface area is 106 Å². The topological polar surface area (TPSA) is 66.4 Å². The molecule has 0 aromatic carbocycles. The van der Waals surface area contributed by atoms with E-state index in [2.05, 4.69) is 0 Å². The first-order valence-corrected chi connectivity index (χ1v) is 5.36. The van der Waals surface area contributed by atoms with Crippen molar-refractivity contribution in [3.05, 3.63) is 24.3 Å². The van der Waals surface area contributed by atoms with Crippen LogP contribution in [-0.2, 0) is 14.9 Å². The quantitative estimate of drug-likeness (QED) is 0.404. The van der Waals surface area contributed by atoms with Gasteiger partial charge in [0.1, 0.15) is 10.1 Å². The van der Waals surface area contributed by atoms with Gasteiger partial charge < -0.3 is 9.29 Å². The predicted molar refractivity (Wildman–Crippen MR) is 47.0 cm³/mol. The molecule has 0 aliphatic heterocycles. The van der Waals surface area contributed by atoms with E-state index in [9.17, 15) is 13.0 Å². The van der Waals surface area contributed by atoms with E-state index in [1.54, 1.807) is 19.1 Å². The van der Waals surface area contributed by atoms with Crippen molar-refractivity contribution in [2.75, 3.05) is 6.61 Å². The molecule has 4 nitrogen and oxygen atoms in total. The molecular weight excluding hydrogens is 215 g/mol. The monoisotopic (exact) mass is 226 g/mol. The molecule has 14 heavy (non-hydrogen) atoms. The van der Waals surface area contributed by atoms with Gasteiger partial charge in [-0.25, -0.2) is 8.42 Å². The third-order valence-corrected chi connectivity index (χ3v) is 3.08. The van der Waals surface area contributed by atoms with Gasteiger partial charge in [0, 0.05) is 13.0 Å². The van der Waals surface area contributed by atoms with E-state index < -0.39 is 15.1 Å². The van der Waals surface area contributed by atoms with Gasteiger partial charge in [0.05, 0.1) is 0 Å². The maximum Gasteiger partial charge on any atom is 1.00 e. The second-order valence-corrected chi connectivity index (χ2v) is 4.29. The van der Waals surface area contributed by atoms with Crippen molar-refractivity contribution in [2.24, 2.45) is 0 Å². The van der Waals surface area contributed by atoms with Crippen LogP contribution < -0.4 is 29.6 Å². The summed E-state index contributed by atoms with van der Waals surface area (Å²) in [5.74, 6) is 0. The molecule has 74 valence electrons. The number of allylic oxidation sites excluding steroid dienone is 2. The van der Waals surface area contributed by atoms with Crippen LogP contribution in [0.1, 0.15) is 13.3 Å². The van der Waals surface area contributed by atoms with Crippen molar-refractivity contribution in [1.29, 1.82) is 0 Å². The average Bonchev–Trinajstić information content (AvgIpc) is 2.04. The fourth-order valence-corrected chi connectivity index (χ4v) is 2.00. The van der Waals surface area contributed by atoms with Crippen LogP contribution in [0.5, 0.6) is 0 Å². The summed E-state index contributed by atoms with van der Waals surface area (Å²) < 4.78 is 37.8. The van der Waals surface area contributed by atoms with Gasteiger partial charge in [0.2, 0.25) is 0 Å². The Bertz CT molecular complexity index is 333. The van der Waals surface area contributed by atoms with Gasteiger partial charge in [-0.1, -0.05) is 18.2 Å². The first kappa shape index (κ1) is 14.3. The van der Waals surface area contributed by atoms with Crippen LogP contribution in [-0.4, -0.2) is 24.5 Å². The molecule has 0 bridgehead atoms. The molecule has 0 aromatic rings. The third kappa shape index (κ3) is 2.92. The van der Waals surface area contributed by atoms with E-state index in [0.717, 1.165) is 0 Å². The van der Waals surface area contributed by atoms with E-state index in [0.29, 0.717) is 0 Å². The maximum absolute atomic E-state index is 10.9. The fraction of sp³-hybridized carbons (Fsp3) is 0.500. The molecule has 6 heteroatoms. The van der Waals surface area contributed by atoms with Crippen LogP contribution in [0.2, 0.25) is 0 Å². The average molecular weight is 226 g/mol. The molecule has 0 fully saturated rings. The number of hydrogen-bond donors (Lipinski definition) is 0. The molecule has 0 saturated carbocycles. The predicted octanol–water partition coefficient (Wildman–Crippen LogP) is -2.22.